The lowest BCUT2D eigenvalue weighted by Crippen LogP contribution is -2.09. The number of aromatic nitrogens is 4. The molecule has 0 aliphatic heterocycles. The Hall–Kier alpha value is -1.27. The highest BCUT2D eigenvalue weighted by Crippen LogP contribution is 2.15. The van der Waals surface area contributed by atoms with Crippen LogP contribution in [0, 0.1) is 0 Å². The summed E-state index contributed by atoms with van der Waals surface area (Å²) in [6.07, 6.45) is 6.22. The van der Waals surface area contributed by atoms with Crippen molar-refractivity contribution in [2.75, 3.05) is 0 Å². The topological polar surface area (TPSA) is 63.8 Å². The maximum atomic E-state index is 9.92. The number of aliphatic hydroxyl groups is 1. The van der Waals surface area contributed by atoms with E-state index >= 15 is 0 Å². The minimum atomic E-state index is -0.614. The van der Waals surface area contributed by atoms with Crippen LogP contribution >= 0.6 is 11.7 Å². The van der Waals surface area contributed by atoms with Gasteiger partial charge in [0.05, 0.1) is 17.9 Å². The quantitative estimate of drug-likeness (QED) is 0.855. The number of imidazole rings is 1. The normalized spacial score (nSPS) is 12.9. The van der Waals surface area contributed by atoms with E-state index in [9.17, 15) is 5.11 Å². The Labute approximate surface area is 98.1 Å². The summed E-state index contributed by atoms with van der Waals surface area (Å²) in [5, 5.41) is 9.92. The van der Waals surface area contributed by atoms with Crippen LogP contribution in [0.15, 0.2) is 18.6 Å². The molecule has 86 valence electrons. The molecule has 6 heteroatoms. The van der Waals surface area contributed by atoms with Crippen molar-refractivity contribution in [2.45, 2.75) is 32.4 Å². The van der Waals surface area contributed by atoms with Crippen LogP contribution in [0.25, 0.3) is 0 Å². The number of rotatable bonds is 5. The first-order valence-electron chi connectivity index (χ1n) is 5.26. The molecule has 0 bridgehead atoms. The number of nitrogens with zero attached hydrogens (tertiary/aromatic N) is 4. The van der Waals surface area contributed by atoms with Gasteiger partial charge in [0.25, 0.3) is 0 Å². The van der Waals surface area contributed by atoms with Gasteiger partial charge < -0.3 is 9.67 Å². The molecule has 0 aliphatic carbocycles. The van der Waals surface area contributed by atoms with E-state index in [1.807, 2.05) is 6.20 Å². The SMILES string of the molecule is CCCn1ccnc1CC(O)c1cnsn1. The van der Waals surface area contributed by atoms with Crippen LogP contribution < -0.4 is 0 Å². The summed E-state index contributed by atoms with van der Waals surface area (Å²) >= 11 is 1.11. The van der Waals surface area contributed by atoms with E-state index < -0.39 is 6.10 Å². The molecule has 2 rings (SSSR count). The van der Waals surface area contributed by atoms with E-state index in [1.165, 1.54) is 0 Å². The van der Waals surface area contributed by atoms with Gasteiger partial charge in [-0.15, -0.1) is 0 Å². The predicted molar refractivity (Wildman–Crippen MR) is 61.1 cm³/mol. The fourth-order valence-electron chi connectivity index (χ4n) is 1.57. The molecule has 2 heterocycles. The summed E-state index contributed by atoms with van der Waals surface area (Å²) in [7, 11) is 0. The van der Waals surface area contributed by atoms with Crippen LogP contribution in [0.3, 0.4) is 0 Å². The Morgan fingerprint density at radius 1 is 1.56 bits per heavy atom. The van der Waals surface area contributed by atoms with Crippen molar-refractivity contribution in [1.82, 2.24) is 18.3 Å². The average Bonchev–Trinajstić information content (AvgIpc) is 2.90. The van der Waals surface area contributed by atoms with Crippen molar-refractivity contribution < 1.29 is 5.11 Å². The van der Waals surface area contributed by atoms with Gasteiger partial charge in [-0.2, -0.15) is 8.75 Å². The van der Waals surface area contributed by atoms with Crippen molar-refractivity contribution in [2.24, 2.45) is 0 Å². The highest BCUT2D eigenvalue weighted by Gasteiger charge is 2.14. The predicted octanol–water partition coefficient (Wildman–Crippen LogP) is 1.42. The molecule has 1 N–H and O–H groups in total. The zero-order chi connectivity index (χ0) is 11.4. The highest BCUT2D eigenvalue weighted by atomic mass is 32.1. The van der Waals surface area contributed by atoms with E-state index in [4.69, 9.17) is 0 Å². The molecule has 2 aromatic heterocycles. The standard InChI is InChI=1S/C10H14N4OS/c1-2-4-14-5-3-11-10(14)6-9(15)8-7-12-16-13-8/h3,5,7,9,15H,2,4,6H2,1H3. The van der Waals surface area contributed by atoms with Crippen LogP contribution in [0.1, 0.15) is 31.0 Å². The first kappa shape index (κ1) is 11.2. The molecule has 16 heavy (non-hydrogen) atoms. The molecule has 0 amide bonds. The second-order valence-corrected chi connectivity index (χ2v) is 4.15. The van der Waals surface area contributed by atoms with Gasteiger partial charge in [0.1, 0.15) is 17.6 Å². The summed E-state index contributed by atoms with van der Waals surface area (Å²) in [5.74, 6) is 0.891. The molecule has 1 atom stereocenters. The second-order valence-electron chi connectivity index (χ2n) is 3.59. The summed E-state index contributed by atoms with van der Waals surface area (Å²) in [6.45, 7) is 3.04. The van der Waals surface area contributed by atoms with E-state index in [0.717, 1.165) is 30.5 Å². The third-order valence-corrected chi connectivity index (χ3v) is 2.85. The Balaban J connectivity index is 2.06. The van der Waals surface area contributed by atoms with Crippen molar-refractivity contribution in [3.8, 4) is 0 Å². The Bertz CT molecular complexity index is 426. The van der Waals surface area contributed by atoms with Gasteiger partial charge in [-0.3, -0.25) is 0 Å². The molecule has 2 aromatic rings. The fourth-order valence-corrected chi connectivity index (χ4v) is 2.04. The van der Waals surface area contributed by atoms with E-state index in [2.05, 4.69) is 25.2 Å². The fraction of sp³-hybridized carbons (Fsp3) is 0.500. The largest absolute Gasteiger partial charge is 0.386 e. The average molecular weight is 238 g/mol. The summed E-state index contributed by atoms with van der Waals surface area (Å²) in [5.41, 5.74) is 0.621. The van der Waals surface area contributed by atoms with Gasteiger partial charge in [0.2, 0.25) is 0 Å². The van der Waals surface area contributed by atoms with E-state index in [0.29, 0.717) is 12.1 Å². The Kier molecular flexibility index (Phi) is 3.63. The van der Waals surface area contributed by atoms with Gasteiger partial charge in [-0.25, -0.2) is 4.98 Å². The Morgan fingerprint density at radius 3 is 3.12 bits per heavy atom. The summed E-state index contributed by atoms with van der Waals surface area (Å²) < 4.78 is 9.95. The van der Waals surface area contributed by atoms with Gasteiger partial charge >= 0.3 is 0 Å². The van der Waals surface area contributed by atoms with Crippen LogP contribution in [0.5, 0.6) is 0 Å². The molecule has 0 aromatic carbocycles. The van der Waals surface area contributed by atoms with Crippen molar-refractivity contribution in [3.05, 3.63) is 30.1 Å². The van der Waals surface area contributed by atoms with Crippen molar-refractivity contribution >= 4 is 11.7 Å². The summed E-state index contributed by atoms with van der Waals surface area (Å²) in [4.78, 5) is 4.24. The molecular weight excluding hydrogens is 224 g/mol. The maximum Gasteiger partial charge on any atom is 0.111 e. The molecule has 0 radical (unpaired) electrons. The van der Waals surface area contributed by atoms with Crippen molar-refractivity contribution in [1.29, 1.82) is 0 Å². The van der Waals surface area contributed by atoms with Crippen LogP contribution in [-0.2, 0) is 13.0 Å². The molecule has 5 nitrogen and oxygen atoms in total. The van der Waals surface area contributed by atoms with Crippen LogP contribution in [-0.4, -0.2) is 23.4 Å². The molecule has 0 fully saturated rings. The molecule has 0 saturated carbocycles. The lowest BCUT2D eigenvalue weighted by molar-refractivity contribution is 0.170. The Morgan fingerprint density at radius 2 is 2.44 bits per heavy atom. The minimum Gasteiger partial charge on any atom is -0.386 e. The molecular formula is C10H14N4OS. The number of hydrogen-bond acceptors (Lipinski definition) is 5. The first-order chi connectivity index (χ1) is 7.81. The molecule has 0 aliphatic rings. The van der Waals surface area contributed by atoms with E-state index in [1.54, 1.807) is 12.4 Å². The molecule has 0 saturated heterocycles. The monoisotopic (exact) mass is 238 g/mol. The molecule has 1 unspecified atom stereocenters. The maximum absolute atomic E-state index is 9.92. The minimum absolute atomic E-state index is 0.485. The molecule has 0 spiro atoms. The van der Waals surface area contributed by atoms with Crippen LogP contribution in [0.2, 0.25) is 0 Å². The van der Waals surface area contributed by atoms with Gasteiger partial charge in [0, 0.05) is 25.4 Å². The highest BCUT2D eigenvalue weighted by molar-refractivity contribution is 6.99. The van der Waals surface area contributed by atoms with Crippen molar-refractivity contribution in [3.63, 3.8) is 0 Å². The van der Waals surface area contributed by atoms with Gasteiger partial charge in [0.15, 0.2) is 0 Å². The van der Waals surface area contributed by atoms with Gasteiger partial charge in [-0.05, 0) is 6.42 Å². The summed E-state index contributed by atoms with van der Waals surface area (Å²) in [6, 6.07) is 0. The number of aryl methyl sites for hydroxylation is 1. The lowest BCUT2D eigenvalue weighted by atomic mass is 10.2. The van der Waals surface area contributed by atoms with E-state index in [-0.39, 0.29) is 0 Å². The number of aliphatic hydroxyl groups excluding tert-OH is 1. The lowest BCUT2D eigenvalue weighted by Gasteiger charge is -2.09. The third kappa shape index (κ3) is 2.45. The second kappa shape index (κ2) is 5.18. The zero-order valence-electron chi connectivity index (χ0n) is 9.08. The number of hydrogen-bond donors (Lipinski definition) is 1. The third-order valence-electron chi connectivity index (χ3n) is 2.36. The first-order valence-corrected chi connectivity index (χ1v) is 5.99. The zero-order valence-corrected chi connectivity index (χ0v) is 9.89. The van der Waals surface area contributed by atoms with Crippen LogP contribution in [0.4, 0.5) is 0 Å². The smallest absolute Gasteiger partial charge is 0.111 e. The van der Waals surface area contributed by atoms with Gasteiger partial charge in [-0.1, -0.05) is 6.92 Å².